The van der Waals surface area contributed by atoms with Crippen LogP contribution in [0.25, 0.3) is 0 Å². The van der Waals surface area contributed by atoms with Gasteiger partial charge >= 0.3 is 12.6 Å². The van der Waals surface area contributed by atoms with Gasteiger partial charge in [-0.15, -0.1) is 0 Å². The van der Waals surface area contributed by atoms with Gasteiger partial charge in [-0.05, 0) is 42.9 Å². The summed E-state index contributed by atoms with van der Waals surface area (Å²) in [4.78, 5) is 25.4. The third-order valence-corrected chi connectivity index (χ3v) is 5.16. The number of carbonyl (C=O) groups is 2. The van der Waals surface area contributed by atoms with Crippen molar-refractivity contribution in [2.75, 3.05) is 20.2 Å². The number of aliphatic carboxylic acids is 1. The number of benzene rings is 1. The molecule has 1 amide bonds. The average molecular weight is 355 g/mol. The molecule has 1 saturated heterocycles. The lowest BCUT2D eigenvalue weighted by atomic mass is 9.90. The minimum atomic E-state index is -2.98. The topological polar surface area (TPSA) is 76.1 Å². The van der Waals surface area contributed by atoms with Crippen molar-refractivity contribution in [1.82, 2.24) is 4.90 Å². The van der Waals surface area contributed by atoms with Crippen LogP contribution in [0.4, 0.5) is 8.78 Å². The standard InChI is InChI=1S/C17H19F2NO5/c1-24-13-8-10(2-3-12(13)25-16(18)19)14(21)20-6-4-17(5-7-20)9-11(17)15(22)23/h2-3,8,11,16H,4-7,9H2,1H3,(H,22,23). The summed E-state index contributed by atoms with van der Waals surface area (Å²) < 4.78 is 34.1. The Morgan fingerprint density at radius 3 is 2.48 bits per heavy atom. The van der Waals surface area contributed by atoms with E-state index in [4.69, 9.17) is 9.84 Å². The van der Waals surface area contributed by atoms with E-state index in [1.807, 2.05) is 0 Å². The highest BCUT2D eigenvalue weighted by atomic mass is 19.3. The van der Waals surface area contributed by atoms with Gasteiger partial charge < -0.3 is 19.5 Å². The molecule has 1 unspecified atom stereocenters. The summed E-state index contributed by atoms with van der Waals surface area (Å²) in [6, 6.07) is 4.08. The Morgan fingerprint density at radius 2 is 1.96 bits per heavy atom. The monoisotopic (exact) mass is 355 g/mol. The fraction of sp³-hybridized carbons (Fsp3) is 0.529. The van der Waals surface area contributed by atoms with Gasteiger partial charge in [0.15, 0.2) is 11.5 Å². The summed E-state index contributed by atoms with van der Waals surface area (Å²) >= 11 is 0. The fourth-order valence-corrected chi connectivity index (χ4v) is 3.58. The Balaban J connectivity index is 1.67. The van der Waals surface area contributed by atoms with Gasteiger partial charge in [0.2, 0.25) is 0 Å². The van der Waals surface area contributed by atoms with E-state index < -0.39 is 12.6 Å². The second-order valence-electron chi connectivity index (χ2n) is 6.49. The Labute approximate surface area is 143 Å². The van der Waals surface area contributed by atoms with Gasteiger partial charge in [0.25, 0.3) is 5.91 Å². The van der Waals surface area contributed by atoms with Crippen LogP contribution >= 0.6 is 0 Å². The van der Waals surface area contributed by atoms with Crippen LogP contribution in [-0.2, 0) is 4.79 Å². The second kappa shape index (κ2) is 6.50. The van der Waals surface area contributed by atoms with Crippen LogP contribution in [0.3, 0.4) is 0 Å². The molecule has 1 heterocycles. The van der Waals surface area contributed by atoms with E-state index in [1.165, 1.54) is 25.3 Å². The van der Waals surface area contributed by atoms with Crippen LogP contribution in [0.15, 0.2) is 18.2 Å². The Bertz CT molecular complexity index is 686. The largest absolute Gasteiger partial charge is 0.493 e. The highest BCUT2D eigenvalue weighted by Gasteiger charge is 2.59. The van der Waals surface area contributed by atoms with Crippen molar-refractivity contribution in [3.05, 3.63) is 23.8 Å². The quantitative estimate of drug-likeness (QED) is 0.879. The number of carboxylic acids is 1. The molecule has 0 bridgehead atoms. The average Bonchev–Trinajstić information content (AvgIpc) is 3.29. The number of rotatable bonds is 5. The van der Waals surface area contributed by atoms with Gasteiger partial charge in [0.05, 0.1) is 13.0 Å². The molecule has 1 saturated carbocycles. The van der Waals surface area contributed by atoms with Crippen molar-refractivity contribution in [3.63, 3.8) is 0 Å². The molecule has 1 aliphatic heterocycles. The third kappa shape index (κ3) is 3.38. The van der Waals surface area contributed by atoms with Crippen LogP contribution in [0.1, 0.15) is 29.6 Å². The third-order valence-electron chi connectivity index (χ3n) is 5.16. The molecule has 2 aliphatic rings. The molecule has 1 atom stereocenters. The SMILES string of the molecule is COc1cc(C(=O)N2CCC3(CC2)CC3C(=O)O)ccc1OC(F)F. The van der Waals surface area contributed by atoms with Crippen LogP contribution in [0.2, 0.25) is 0 Å². The number of alkyl halides is 2. The lowest BCUT2D eigenvalue weighted by molar-refractivity contribution is -0.139. The molecule has 1 aromatic carbocycles. The molecule has 3 rings (SSSR count). The van der Waals surface area contributed by atoms with Gasteiger partial charge in [-0.1, -0.05) is 0 Å². The normalized spacial score (nSPS) is 21.3. The van der Waals surface area contributed by atoms with Gasteiger partial charge in [-0.3, -0.25) is 9.59 Å². The molecule has 136 valence electrons. The first-order chi connectivity index (χ1) is 11.9. The maximum absolute atomic E-state index is 12.6. The Hall–Kier alpha value is -2.38. The van der Waals surface area contributed by atoms with Crippen LogP contribution < -0.4 is 9.47 Å². The first-order valence-corrected chi connectivity index (χ1v) is 8.01. The van der Waals surface area contributed by atoms with Crippen LogP contribution in [0.5, 0.6) is 11.5 Å². The number of ether oxygens (including phenoxy) is 2. The minimum Gasteiger partial charge on any atom is -0.493 e. The highest BCUT2D eigenvalue weighted by Crippen LogP contribution is 2.59. The molecule has 6 nitrogen and oxygen atoms in total. The van der Waals surface area contributed by atoms with Gasteiger partial charge in [0.1, 0.15) is 0 Å². The number of nitrogens with zero attached hydrogens (tertiary/aromatic N) is 1. The molecule has 0 radical (unpaired) electrons. The molecule has 1 aliphatic carbocycles. The number of amides is 1. The minimum absolute atomic E-state index is 0.0627. The van der Waals surface area contributed by atoms with Crippen molar-refractivity contribution in [1.29, 1.82) is 0 Å². The van der Waals surface area contributed by atoms with Gasteiger partial charge in [-0.25, -0.2) is 0 Å². The molecular weight excluding hydrogens is 336 g/mol. The number of likely N-dealkylation sites (tertiary alicyclic amines) is 1. The number of halogens is 2. The molecule has 0 aromatic heterocycles. The number of hydrogen-bond donors (Lipinski definition) is 1. The van der Waals surface area contributed by atoms with E-state index in [0.717, 1.165) is 0 Å². The van der Waals surface area contributed by atoms with Crippen molar-refractivity contribution in [2.45, 2.75) is 25.9 Å². The number of methoxy groups -OCH3 is 1. The summed E-state index contributed by atoms with van der Waals surface area (Å²) in [5.41, 5.74) is 0.162. The summed E-state index contributed by atoms with van der Waals surface area (Å²) in [5, 5.41) is 9.11. The number of piperidine rings is 1. The molecule has 8 heteroatoms. The van der Waals surface area contributed by atoms with Crippen molar-refractivity contribution >= 4 is 11.9 Å². The molecule has 25 heavy (non-hydrogen) atoms. The maximum atomic E-state index is 12.6. The van der Waals surface area contributed by atoms with E-state index in [-0.39, 0.29) is 28.7 Å². The highest BCUT2D eigenvalue weighted by molar-refractivity contribution is 5.95. The van der Waals surface area contributed by atoms with Crippen molar-refractivity contribution in [2.24, 2.45) is 11.3 Å². The fourth-order valence-electron chi connectivity index (χ4n) is 3.58. The van der Waals surface area contributed by atoms with Gasteiger partial charge in [-0.2, -0.15) is 8.78 Å². The predicted octanol–water partition coefficient (Wildman–Crippen LogP) is 2.62. The Kier molecular flexibility index (Phi) is 4.53. The lowest BCUT2D eigenvalue weighted by Gasteiger charge is -2.32. The van der Waals surface area contributed by atoms with Crippen LogP contribution in [0, 0.1) is 11.3 Å². The van der Waals surface area contributed by atoms with Gasteiger partial charge in [0, 0.05) is 18.7 Å². The summed E-state index contributed by atoms with van der Waals surface area (Å²) in [5.74, 6) is -1.36. The molecular formula is C17H19F2NO5. The van der Waals surface area contributed by atoms with Crippen molar-refractivity contribution < 1.29 is 33.0 Å². The van der Waals surface area contributed by atoms with E-state index >= 15 is 0 Å². The number of carbonyl (C=O) groups excluding carboxylic acids is 1. The number of carboxylic acid groups (broad SMARTS) is 1. The van der Waals surface area contributed by atoms with Crippen LogP contribution in [-0.4, -0.2) is 48.7 Å². The smallest absolute Gasteiger partial charge is 0.387 e. The van der Waals surface area contributed by atoms with E-state index in [1.54, 1.807) is 4.90 Å². The summed E-state index contributed by atoms with van der Waals surface area (Å²) in [6.45, 7) is -2.00. The predicted molar refractivity (Wildman–Crippen MR) is 82.9 cm³/mol. The summed E-state index contributed by atoms with van der Waals surface area (Å²) in [7, 11) is 1.31. The number of hydrogen-bond acceptors (Lipinski definition) is 4. The van der Waals surface area contributed by atoms with Crippen molar-refractivity contribution in [3.8, 4) is 11.5 Å². The molecule has 2 fully saturated rings. The second-order valence-corrected chi connectivity index (χ2v) is 6.49. The molecule has 1 aromatic rings. The van der Waals surface area contributed by atoms with E-state index in [9.17, 15) is 18.4 Å². The maximum Gasteiger partial charge on any atom is 0.387 e. The zero-order valence-corrected chi connectivity index (χ0v) is 13.7. The summed E-state index contributed by atoms with van der Waals surface area (Å²) in [6.07, 6.45) is 2.01. The zero-order chi connectivity index (χ0) is 18.2. The lowest BCUT2D eigenvalue weighted by Crippen LogP contribution is -2.40. The van der Waals surface area contributed by atoms with E-state index in [2.05, 4.69) is 4.74 Å². The first kappa shape index (κ1) is 17.4. The molecule has 1 N–H and O–H groups in total. The van der Waals surface area contributed by atoms with E-state index in [0.29, 0.717) is 37.9 Å². The zero-order valence-electron chi connectivity index (χ0n) is 13.7. The Morgan fingerprint density at radius 1 is 1.28 bits per heavy atom. The first-order valence-electron chi connectivity index (χ1n) is 8.01. The molecule has 1 spiro atoms.